The zero-order chi connectivity index (χ0) is 16.8. The van der Waals surface area contributed by atoms with Crippen LogP contribution >= 0.6 is 0 Å². The first-order valence-corrected chi connectivity index (χ1v) is 7.05. The summed E-state index contributed by atoms with van der Waals surface area (Å²) in [7, 11) is 0. The molecular weight excluding hydrogens is 299 g/mol. The Labute approximate surface area is 133 Å². The Bertz CT molecular complexity index is 701. The highest BCUT2D eigenvalue weighted by atomic mass is 19.1. The van der Waals surface area contributed by atoms with Gasteiger partial charge in [-0.1, -0.05) is 17.7 Å². The first-order valence-electron chi connectivity index (χ1n) is 7.05. The maximum atomic E-state index is 12.8. The lowest BCUT2D eigenvalue weighted by Crippen LogP contribution is -2.47. The summed E-state index contributed by atoms with van der Waals surface area (Å²) in [5.74, 6) is -0.967. The third-order valence-electron chi connectivity index (χ3n) is 3.08. The predicted octanol–water partition coefficient (Wildman–Crippen LogP) is 2.36. The Hall–Kier alpha value is -2.89. The van der Waals surface area contributed by atoms with Crippen molar-refractivity contribution >= 4 is 11.8 Å². The van der Waals surface area contributed by atoms with Crippen LogP contribution in [-0.2, 0) is 4.79 Å². The molecule has 0 bridgehead atoms. The molecule has 0 fully saturated rings. The van der Waals surface area contributed by atoms with E-state index in [0.29, 0.717) is 11.3 Å². The summed E-state index contributed by atoms with van der Waals surface area (Å²) < 4.78 is 18.2. The first kappa shape index (κ1) is 16.5. The fourth-order valence-corrected chi connectivity index (χ4v) is 1.85. The van der Waals surface area contributed by atoms with Gasteiger partial charge in [0.1, 0.15) is 11.6 Å². The van der Waals surface area contributed by atoms with Crippen LogP contribution in [0.25, 0.3) is 0 Å². The van der Waals surface area contributed by atoms with Crippen molar-refractivity contribution in [1.29, 1.82) is 0 Å². The molecule has 2 amide bonds. The SMILES string of the molecule is Cc1cccc(C(=O)NNC(=O)C(C)Oc2ccc(F)cc2)c1. The van der Waals surface area contributed by atoms with E-state index in [1.165, 1.54) is 31.2 Å². The number of nitrogens with one attached hydrogen (secondary N) is 2. The molecule has 5 nitrogen and oxygen atoms in total. The highest BCUT2D eigenvalue weighted by Gasteiger charge is 2.16. The first-order chi connectivity index (χ1) is 11.0. The summed E-state index contributed by atoms with van der Waals surface area (Å²) in [6.07, 6.45) is -0.849. The minimum atomic E-state index is -0.849. The van der Waals surface area contributed by atoms with E-state index in [0.717, 1.165) is 5.56 Å². The highest BCUT2D eigenvalue weighted by Crippen LogP contribution is 2.12. The van der Waals surface area contributed by atoms with Gasteiger partial charge in [0.2, 0.25) is 0 Å². The smallest absolute Gasteiger partial charge is 0.279 e. The number of rotatable bonds is 4. The second-order valence-corrected chi connectivity index (χ2v) is 5.03. The van der Waals surface area contributed by atoms with Crippen LogP contribution in [0.1, 0.15) is 22.8 Å². The zero-order valence-electron chi connectivity index (χ0n) is 12.8. The lowest BCUT2D eigenvalue weighted by molar-refractivity contribution is -0.128. The molecule has 6 heteroatoms. The van der Waals surface area contributed by atoms with E-state index in [1.807, 2.05) is 13.0 Å². The average molecular weight is 316 g/mol. The van der Waals surface area contributed by atoms with Crippen molar-refractivity contribution in [3.8, 4) is 5.75 Å². The number of carbonyl (C=O) groups is 2. The van der Waals surface area contributed by atoms with Gasteiger partial charge in [0.25, 0.3) is 11.8 Å². The summed E-state index contributed by atoms with van der Waals surface area (Å²) >= 11 is 0. The van der Waals surface area contributed by atoms with Crippen LogP contribution in [-0.4, -0.2) is 17.9 Å². The van der Waals surface area contributed by atoms with Crippen LogP contribution in [0, 0.1) is 12.7 Å². The second-order valence-electron chi connectivity index (χ2n) is 5.03. The molecule has 2 N–H and O–H groups in total. The van der Waals surface area contributed by atoms with Crippen molar-refractivity contribution in [2.75, 3.05) is 0 Å². The number of hydrogen-bond donors (Lipinski definition) is 2. The summed E-state index contributed by atoms with van der Waals surface area (Å²) in [4.78, 5) is 23.8. The number of benzene rings is 2. The molecule has 1 unspecified atom stereocenters. The molecule has 0 aliphatic carbocycles. The standard InChI is InChI=1S/C17H17FN2O3/c1-11-4-3-5-13(10-11)17(22)20-19-16(21)12(2)23-15-8-6-14(18)7-9-15/h3-10,12H,1-2H3,(H,19,21)(H,20,22). The normalized spacial score (nSPS) is 11.4. The maximum Gasteiger partial charge on any atom is 0.279 e. The number of amides is 2. The van der Waals surface area contributed by atoms with Gasteiger partial charge >= 0.3 is 0 Å². The molecule has 0 aliphatic rings. The second kappa shape index (κ2) is 7.40. The lowest BCUT2D eigenvalue weighted by atomic mass is 10.1. The molecule has 2 aromatic rings. The molecule has 0 aromatic heterocycles. The van der Waals surface area contributed by atoms with Gasteiger partial charge < -0.3 is 4.74 Å². The number of hydrazine groups is 1. The van der Waals surface area contributed by atoms with Crippen molar-refractivity contribution in [2.24, 2.45) is 0 Å². The van der Waals surface area contributed by atoms with Crippen LogP contribution in [0.2, 0.25) is 0 Å². The van der Waals surface area contributed by atoms with E-state index in [4.69, 9.17) is 4.74 Å². The van der Waals surface area contributed by atoms with Gasteiger partial charge in [-0.05, 0) is 50.2 Å². The van der Waals surface area contributed by atoms with Crippen LogP contribution in [0.4, 0.5) is 4.39 Å². The third kappa shape index (κ3) is 4.81. The van der Waals surface area contributed by atoms with Crippen molar-refractivity contribution in [1.82, 2.24) is 10.9 Å². The van der Waals surface area contributed by atoms with E-state index in [-0.39, 0.29) is 5.82 Å². The van der Waals surface area contributed by atoms with Gasteiger partial charge in [-0.3, -0.25) is 20.4 Å². The van der Waals surface area contributed by atoms with Crippen molar-refractivity contribution in [2.45, 2.75) is 20.0 Å². The van der Waals surface area contributed by atoms with E-state index >= 15 is 0 Å². The van der Waals surface area contributed by atoms with E-state index in [9.17, 15) is 14.0 Å². The number of halogens is 1. The Morgan fingerprint density at radius 3 is 2.43 bits per heavy atom. The van der Waals surface area contributed by atoms with Crippen LogP contribution in [0.3, 0.4) is 0 Å². The molecule has 0 radical (unpaired) electrons. The average Bonchev–Trinajstić information content (AvgIpc) is 2.54. The Kier molecular flexibility index (Phi) is 5.30. The summed E-state index contributed by atoms with van der Waals surface area (Å²) in [5.41, 5.74) is 6.00. The highest BCUT2D eigenvalue weighted by molar-refractivity contribution is 5.95. The molecule has 23 heavy (non-hydrogen) atoms. The number of carbonyl (C=O) groups excluding carboxylic acids is 2. The Balaban J connectivity index is 1.86. The van der Waals surface area contributed by atoms with Gasteiger partial charge in [0, 0.05) is 5.56 Å². The van der Waals surface area contributed by atoms with Crippen LogP contribution in [0.15, 0.2) is 48.5 Å². The van der Waals surface area contributed by atoms with E-state index in [2.05, 4.69) is 10.9 Å². The summed E-state index contributed by atoms with van der Waals surface area (Å²) in [6, 6.07) is 12.3. The Morgan fingerprint density at radius 2 is 1.78 bits per heavy atom. The van der Waals surface area contributed by atoms with E-state index < -0.39 is 17.9 Å². The van der Waals surface area contributed by atoms with Gasteiger partial charge in [-0.25, -0.2) is 4.39 Å². The topological polar surface area (TPSA) is 67.4 Å². The summed E-state index contributed by atoms with van der Waals surface area (Å²) in [6.45, 7) is 3.39. The number of ether oxygens (including phenoxy) is 1. The molecule has 2 rings (SSSR count). The molecule has 2 aromatic carbocycles. The molecular formula is C17H17FN2O3. The fraction of sp³-hybridized carbons (Fsp3) is 0.176. The van der Waals surface area contributed by atoms with Gasteiger partial charge in [-0.15, -0.1) is 0 Å². The molecule has 120 valence electrons. The van der Waals surface area contributed by atoms with Crippen LogP contribution in [0.5, 0.6) is 5.75 Å². The molecule has 0 saturated heterocycles. The van der Waals surface area contributed by atoms with E-state index in [1.54, 1.807) is 18.2 Å². The maximum absolute atomic E-state index is 12.8. The van der Waals surface area contributed by atoms with Crippen molar-refractivity contribution in [3.63, 3.8) is 0 Å². The minimum Gasteiger partial charge on any atom is -0.481 e. The minimum absolute atomic E-state index is 0.360. The van der Waals surface area contributed by atoms with Gasteiger partial charge in [0.05, 0.1) is 0 Å². The largest absolute Gasteiger partial charge is 0.481 e. The van der Waals surface area contributed by atoms with Gasteiger partial charge in [-0.2, -0.15) is 0 Å². The molecule has 0 aliphatic heterocycles. The Morgan fingerprint density at radius 1 is 1.09 bits per heavy atom. The molecule has 1 atom stereocenters. The van der Waals surface area contributed by atoms with Gasteiger partial charge in [0.15, 0.2) is 6.10 Å². The summed E-state index contributed by atoms with van der Waals surface area (Å²) in [5, 5.41) is 0. The monoisotopic (exact) mass is 316 g/mol. The number of aryl methyl sites for hydroxylation is 1. The third-order valence-corrected chi connectivity index (χ3v) is 3.08. The predicted molar refractivity (Wildman–Crippen MR) is 83.3 cm³/mol. The fourth-order valence-electron chi connectivity index (χ4n) is 1.85. The van der Waals surface area contributed by atoms with Crippen molar-refractivity contribution in [3.05, 3.63) is 65.5 Å². The lowest BCUT2D eigenvalue weighted by Gasteiger charge is -2.15. The molecule has 0 saturated carbocycles. The van der Waals surface area contributed by atoms with Crippen LogP contribution < -0.4 is 15.6 Å². The number of hydrogen-bond acceptors (Lipinski definition) is 3. The quantitative estimate of drug-likeness (QED) is 0.851. The molecule has 0 heterocycles. The molecule has 0 spiro atoms. The van der Waals surface area contributed by atoms with Crippen molar-refractivity contribution < 1.29 is 18.7 Å². The zero-order valence-corrected chi connectivity index (χ0v) is 12.8.